The summed E-state index contributed by atoms with van der Waals surface area (Å²) in [4.78, 5) is 31.5. The fourth-order valence-corrected chi connectivity index (χ4v) is 1.46. The van der Waals surface area contributed by atoms with Gasteiger partial charge in [0.1, 0.15) is 5.65 Å². The van der Waals surface area contributed by atoms with Gasteiger partial charge in [0.2, 0.25) is 0 Å². The lowest BCUT2D eigenvalue weighted by atomic mass is 10.1. The number of pyridine rings is 1. The van der Waals surface area contributed by atoms with Crippen LogP contribution in [0.15, 0.2) is 24.5 Å². The molecule has 0 fully saturated rings. The van der Waals surface area contributed by atoms with Crippen LogP contribution in [0.3, 0.4) is 0 Å². The molecule has 0 saturated carbocycles. The van der Waals surface area contributed by atoms with Crippen molar-refractivity contribution in [2.45, 2.75) is 0 Å². The van der Waals surface area contributed by atoms with Crippen LogP contribution in [0.4, 0.5) is 0 Å². The Balaban J connectivity index is 2.48. The number of amides is 1. The Morgan fingerprint density at radius 1 is 1.38 bits per heavy atom. The van der Waals surface area contributed by atoms with Gasteiger partial charge in [0.15, 0.2) is 0 Å². The summed E-state index contributed by atoms with van der Waals surface area (Å²) in [6.45, 7) is 0. The van der Waals surface area contributed by atoms with Gasteiger partial charge in [-0.15, -0.1) is 0 Å². The lowest BCUT2D eigenvalue weighted by Crippen LogP contribution is -2.29. The molecule has 5 nitrogen and oxygen atoms in total. The van der Waals surface area contributed by atoms with Crippen LogP contribution in [0.2, 0.25) is 0 Å². The molecule has 0 spiro atoms. The maximum Gasteiger partial charge on any atom is 0.294 e. The van der Waals surface area contributed by atoms with Crippen LogP contribution in [0.1, 0.15) is 10.4 Å². The maximum absolute atomic E-state index is 11.8. The van der Waals surface area contributed by atoms with E-state index in [0.717, 1.165) is 0 Å². The first-order valence-corrected chi connectivity index (χ1v) is 4.79. The van der Waals surface area contributed by atoms with E-state index in [2.05, 4.69) is 9.97 Å². The highest BCUT2D eigenvalue weighted by molar-refractivity contribution is 6.44. The van der Waals surface area contributed by atoms with E-state index in [1.54, 1.807) is 32.4 Å². The number of hydrogen-bond acceptors (Lipinski definition) is 3. The molecular formula is C11H11N3O2. The zero-order valence-corrected chi connectivity index (χ0v) is 9.02. The van der Waals surface area contributed by atoms with Crippen LogP contribution >= 0.6 is 0 Å². The molecule has 0 aliphatic rings. The van der Waals surface area contributed by atoms with Crippen molar-refractivity contribution in [1.29, 1.82) is 0 Å². The molecule has 2 aromatic heterocycles. The monoisotopic (exact) mass is 217 g/mol. The third kappa shape index (κ3) is 1.56. The third-order valence-corrected chi connectivity index (χ3v) is 2.30. The number of nitrogens with one attached hydrogen (secondary N) is 1. The van der Waals surface area contributed by atoms with E-state index >= 15 is 0 Å². The molecular weight excluding hydrogens is 206 g/mol. The molecule has 5 heteroatoms. The summed E-state index contributed by atoms with van der Waals surface area (Å²) in [6.07, 6.45) is 3.14. The molecule has 1 N–H and O–H groups in total. The van der Waals surface area contributed by atoms with E-state index in [9.17, 15) is 9.59 Å². The van der Waals surface area contributed by atoms with Crippen molar-refractivity contribution in [3.63, 3.8) is 0 Å². The Kier molecular flexibility index (Phi) is 2.44. The van der Waals surface area contributed by atoms with Crippen molar-refractivity contribution in [2.24, 2.45) is 0 Å². The second-order valence-electron chi connectivity index (χ2n) is 3.63. The van der Waals surface area contributed by atoms with Gasteiger partial charge in [0, 0.05) is 31.9 Å². The van der Waals surface area contributed by atoms with Gasteiger partial charge >= 0.3 is 0 Å². The molecule has 0 unspecified atom stereocenters. The molecule has 82 valence electrons. The average Bonchev–Trinajstić information content (AvgIpc) is 2.70. The fraction of sp³-hybridized carbons (Fsp3) is 0.182. The number of ketones is 1. The number of carbonyl (C=O) groups is 2. The summed E-state index contributed by atoms with van der Waals surface area (Å²) in [6, 6.07) is 3.49. The zero-order valence-electron chi connectivity index (χ0n) is 9.02. The van der Waals surface area contributed by atoms with Gasteiger partial charge < -0.3 is 9.88 Å². The van der Waals surface area contributed by atoms with Crippen LogP contribution in [-0.2, 0) is 4.79 Å². The zero-order chi connectivity index (χ0) is 11.7. The van der Waals surface area contributed by atoms with E-state index in [0.29, 0.717) is 16.6 Å². The minimum absolute atomic E-state index is 0.363. The second-order valence-corrected chi connectivity index (χ2v) is 3.63. The standard InChI is InChI=1S/C11H11N3O2/c1-14(2)11(16)9(15)8-6-13-10-7(8)4-3-5-12-10/h3-6H,1-2H3,(H,12,13). The minimum Gasteiger partial charge on any atom is -0.345 e. The van der Waals surface area contributed by atoms with Gasteiger partial charge in [-0.2, -0.15) is 0 Å². The highest BCUT2D eigenvalue weighted by Gasteiger charge is 2.21. The van der Waals surface area contributed by atoms with Crippen LogP contribution in [-0.4, -0.2) is 40.7 Å². The smallest absolute Gasteiger partial charge is 0.294 e. The molecule has 0 aliphatic carbocycles. The molecule has 1 amide bonds. The van der Waals surface area contributed by atoms with Gasteiger partial charge in [-0.1, -0.05) is 0 Å². The summed E-state index contributed by atoms with van der Waals surface area (Å²) in [5, 5.41) is 0.669. The van der Waals surface area contributed by atoms with Crippen molar-refractivity contribution in [2.75, 3.05) is 14.1 Å². The van der Waals surface area contributed by atoms with Gasteiger partial charge in [0.05, 0.1) is 5.56 Å². The number of likely N-dealkylation sites (N-methyl/N-ethyl adjacent to an activating group) is 1. The van der Waals surface area contributed by atoms with Crippen molar-refractivity contribution in [3.8, 4) is 0 Å². The molecule has 2 rings (SSSR count). The summed E-state index contributed by atoms with van der Waals surface area (Å²) in [7, 11) is 3.10. The average molecular weight is 217 g/mol. The first-order valence-electron chi connectivity index (χ1n) is 4.79. The first-order chi connectivity index (χ1) is 7.61. The van der Waals surface area contributed by atoms with E-state index in [1.807, 2.05) is 0 Å². The molecule has 0 aromatic carbocycles. The topological polar surface area (TPSA) is 66.1 Å². The van der Waals surface area contributed by atoms with E-state index in [4.69, 9.17) is 0 Å². The predicted octanol–water partition coefficient (Wildman–Crippen LogP) is 0.834. The first kappa shape index (κ1) is 10.4. The van der Waals surface area contributed by atoms with Crippen LogP contribution in [0.5, 0.6) is 0 Å². The predicted molar refractivity (Wildman–Crippen MR) is 59.1 cm³/mol. The lowest BCUT2D eigenvalue weighted by Gasteiger charge is -2.07. The molecule has 0 saturated heterocycles. The summed E-state index contributed by atoms with van der Waals surface area (Å²) in [5.74, 6) is -1.06. The lowest BCUT2D eigenvalue weighted by molar-refractivity contribution is -0.124. The molecule has 2 heterocycles. The summed E-state index contributed by atoms with van der Waals surface area (Å²) >= 11 is 0. The maximum atomic E-state index is 11.8. The Bertz CT molecular complexity index is 557. The summed E-state index contributed by atoms with van der Waals surface area (Å²) < 4.78 is 0. The molecule has 0 atom stereocenters. The van der Waals surface area contributed by atoms with Gasteiger partial charge in [-0.25, -0.2) is 4.98 Å². The number of rotatable bonds is 2. The minimum atomic E-state index is -0.537. The van der Waals surface area contributed by atoms with E-state index < -0.39 is 11.7 Å². The van der Waals surface area contributed by atoms with Crippen LogP contribution < -0.4 is 0 Å². The summed E-state index contributed by atoms with van der Waals surface area (Å²) in [5.41, 5.74) is 0.971. The molecule has 2 aromatic rings. The number of aromatic amines is 1. The Morgan fingerprint density at radius 2 is 2.12 bits per heavy atom. The number of hydrogen-bond donors (Lipinski definition) is 1. The molecule has 0 radical (unpaired) electrons. The van der Waals surface area contributed by atoms with Gasteiger partial charge in [0.25, 0.3) is 11.7 Å². The number of carbonyl (C=O) groups excluding carboxylic acids is 2. The normalized spacial score (nSPS) is 10.4. The van der Waals surface area contributed by atoms with Crippen molar-refractivity contribution >= 4 is 22.7 Å². The van der Waals surface area contributed by atoms with Crippen LogP contribution in [0, 0.1) is 0 Å². The number of H-pyrrole nitrogens is 1. The van der Waals surface area contributed by atoms with Crippen molar-refractivity contribution < 1.29 is 9.59 Å². The highest BCUT2D eigenvalue weighted by Crippen LogP contribution is 2.16. The molecule has 16 heavy (non-hydrogen) atoms. The largest absolute Gasteiger partial charge is 0.345 e. The Labute approximate surface area is 92.1 Å². The van der Waals surface area contributed by atoms with Crippen molar-refractivity contribution in [1.82, 2.24) is 14.9 Å². The highest BCUT2D eigenvalue weighted by atomic mass is 16.2. The Hall–Kier alpha value is -2.17. The quantitative estimate of drug-likeness (QED) is 0.598. The van der Waals surface area contributed by atoms with E-state index in [1.165, 1.54) is 11.1 Å². The second kappa shape index (κ2) is 3.77. The Morgan fingerprint density at radius 3 is 2.81 bits per heavy atom. The van der Waals surface area contributed by atoms with Crippen LogP contribution in [0.25, 0.3) is 11.0 Å². The van der Waals surface area contributed by atoms with Crippen molar-refractivity contribution in [3.05, 3.63) is 30.1 Å². The SMILES string of the molecule is CN(C)C(=O)C(=O)c1c[nH]c2ncccc12. The number of fused-ring (bicyclic) bond motifs is 1. The number of aromatic nitrogens is 2. The van der Waals surface area contributed by atoms with Gasteiger partial charge in [-0.05, 0) is 12.1 Å². The molecule has 0 aliphatic heterocycles. The third-order valence-electron chi connectivity index (χ3n) is 2.30. The van der Waals surface area contributed by atoms with E-state index in [-0.39, 0.29) is 0 Å². The fourth-order valence-electron chi connectivity index (χ4n) is 1.46. The number of nitrogens with zero attached hydrogens (tertiary/aromatic N) is 2. The number of Topliss-reactive ketones (excluding diaryl/α,β-unsaturated/α-hetero) is 1. The molecule has 0 bridgehead atoms. The van der Waals surface area contributed by atoms with Gasteiger partial charge in [-0.3, -0.25) is 9.59 Å².